The van der Waals surface area contributed by atoms with E-state index in [2.05, 4.69) is 10.3 Å². The van der Waals surface area contributed by atoms with Crippen molar-refractivity contribution in [2.45, 2.75) is 19.4 Å². The molecule has 6 heteroatoms. The number of hydrogen-bond donors (Lipinski definition) is 2. The molecule has 2 heterocycles. The monoisotopic (exact) mass is 302 g/mol. The third-order valence-corrected chi connectivity index (χ3v) is 4.09. The van der Waals surface area contributed by atoms with E-state index >= 15 is 0 Å². The summed E-state index contributed by atoms with van der Waals surface area (Å²) in [5.74, 6) is -0.452. The number of carbonyl (C=O) groups is 1. The molecule has 1 aromatic carbocycles. The smallest absolute Gasteiger partial charge is 0.408 e. The minimum absolute atomic E-state index is 0.0178. The van der Waals surface area contributed by atoms with E-state index in [0.717, 1.165) is 12.0 Å². The lowest BCUT2D eigenvalue weighted by molar-refractivity contribution is -0.121. The molecule has 0 spiro atoms. The SMILES string of the molecule is O=C(CCc1cccs1)NCc1ccc2oc(=O)[nH]c2c1. The van der Waals surface area contributed by atoms with Crippen molar-refractivity contribution in [2.24, 2.45) is 0 Å². The quantitative estimate of drug-likeness (QED) is 0.760. The largest absolute Gasteiger partial charge is 0.417 e. The van der Waals surface area contributed by atoms with Gasteiger partial charge in [-0.3, -0.25) is 9.78 Å². The second-order valence-corrected chi connectivity index (χ2v) is 5.73. The summed E-state index contributed by atoms with van der Waals surface area (Å²) >= 11 is 1.66. The standard InChI is InChI=1S/C15H14N2O3S/c18-14(6-4-11-2-1-7-21-11)16-9-10-3-5-13-12(8-10)17-15(19)20-13/h1-3,5,7-8H,4,6,9H2,(H,16,18)(H,17,19). The number of aromatic amines is 1. The topological polar surface area (TPSA) is 75.1 Å². The van der Waals surface area contributed by atoms with Gasteiger partial charge in [0.25, 0.3) is 0 Å². The lowest BCUT2D eigenvalue weighted by Crippen LogP contribution is -2.22. The van der Waals surface area contributed by atoms with Crippen molar-refractivity contribution in [3.63, 3.8) is 0 Å². The molecule has 2 N–H and O–H groups in total. The number of benzene rings is 1. The molecule has 5 nitrogen and oxygen atoms in total. The molecular formula is C15H14N2O3S. The third-order valence-electron chi connectivity index (χ3n) is 3.15. The predicted octanol–water partition coefficient (Wildman–Crippen LogP) is 2.43. The van der Waals surface area contributed by atoms with Crippen LogP contribution in [0.5, 0.6) is 0 Å². The number of aryl methyl sites for hydroxylation is 1. The Morgan fingerprint density at radius 1 is 1.33 bits per heavy atom. The van der Waals surface area contributed by atoms with Gasteiger partial charge in [0.15, 0.2) is 5.58 Å². The fraction of sp³-hybridized carbons (Fsp3) is 0.200. The second kappa shape index (κ2) is 5.97. The molecule has 2 aromatic heterocycles. The maximum absolute atomic E-state index is 11.8. The molecule has 0 fully saturated rings. The van der Waals surface area contributed by atoms with E-state index in [1.54, 1.807) is 23.5 Å². The molecule has 0 radical (unpaired) electrons. The van der Waals surface area contributed by atoms with Crippen LogP contribution in [-0.4, -0.2) is 10.9 Å². The molecule has 21 heavy (non-hydrogen) atoms. The first kappa shape index (κ1) is 13.6. The molecule has 0 saturated heterocycles. The molecule has 1 amide bonds. The lowest BCUT2D eigenvalue weighted by atomic mass is 10.2. The molecule has 108 valence electrons. The van der Waals surface area contributed by atoms with Crippen molar-refractivity contribution in [3.05, 3.63) is 56.7 Å². The number of thiophene rings is 1. The average molecular weight is 302 g/mol. The number of carbonyl (C=O) groups excluding carboxylic acids is 1. The van der Waals surface area contributed by atoms with Crippen molar-refractivity contribution in [1.82, 2.24) is 10.3 Å². The van der Waals surface area contributed by atoms with E-state index in [-0.39, 0.29) is 5.91 Å². The fourth-order valence-corrected chi connectivity index (χ4v) is 2.80. The Morgan fingerprint density at radius 2 is 2.24 bits per heavy atom. The van der Waals surface area contributed by atoms with Crippen molar-refractivity contribution >= 4 is 28.3 Å². The van der Waals surface area contributed by atoms with Crippen molar-refractivity contribution in [1.29, 1.82) is 0 Å². The maximum atomic E-state index is 11.8. The van der Waals surface area contributed by atoms with Crippen LogP contribution in [-0.2, 0) is 17.8 Å². The number of hydrogen-bond acceptors (Lipinski definition) is 4. The molecule has 0 unspecified atom stereocenters. The number of rotatable bonds is 5. The summed E-state index contributed by atoms with van der Waals surface area (Å²) in [6.45, 7) is 0.437. The van der Waals surface area contributed by atoms with E-state index in [0.29, 0.717) is 24.1 Å². The van der Waals surface area contributed by atoms with Gasteiger partial charge < -0.3 is 9.73 Å². The number of H-pyrrole nitrogens is 1. The number of aromatic nitrogens is 1. The number of oxazole rings is 1. The summed E-state index contributed by atoms with van der Waals surface area (Å²) in [5, 5.41) is 4.88. The molecule has 0 aliphatic carbocycles. The minimum atomic E-state index is -0.470. The van der Waals surface area contributed by atoms with Gasteiger partial charge in [-0.15, -0.1) is 11.3 Å². The normalized spacial score (nSPS) is 10.9. The molecule has 3 aromatic rings. The van der Waals surface area contributed by atoms with Gasteiger partial charge in [0.1, 0.15) is 0 Å². The molecule has 0 bridgehead atoms. The van der Waals surface area contributed by atoms with Gasteiger partial charge in [0.05, 0.1) is 5.52 Å². The molecule has 0 saturated carbocycles. The van der Waals surface area contributed by atoms with Crippen LogP contribution >= 0.6 is 11.3 Å². The van der Waals surface area contributed by atoms with Crippen LogP contribution in [0, 0.1) is 0 Å². The molecule has 0 aliphatic heterocycles. The highest BCUT2D eigenvalue weighted by Gasteiger charge is 2.05. The van der Waals surface area contributed by atoms with Gasteiger partial charge in [-0.2, -0.15) is 0 Å². The van der Waals surface area contributed by atoms with Crippen LogP contribution in [0.3, 0.4) is 0 Å². The van der Waals surface area contributed by atoms with Crippen LogP contribution in [0.1, 0.15) is 16.9 Å². The van der Waals surface area contributed by atoms with Crippen LogP contribution in [0.25, 0.3) is 11.1 Å². The van der Waals surface area contributed by atoms with E-state index in [4.69, 9.17) is 4.42 Å². The first-order valence-electron chi connectivity index (χ1n) is 6.61. The second-order valence-electron chi connectivity index (χ2n) is 4.70. The Hall–Kier alpha value is -2.34. The summed E-state index contributed by atoms with van der Waals surface area (Å²) in [7, 11) is 0. The summed E-state index contributed by atoms with van der Waals surface area (Å²) in [4.78, 5) is 26.7. The highest BCUT2D eigenvalue weighted by atomic mass is 32.1. The van der Waals surface area contributed by atoms with E-state index in [1.165, 1.54) is 4.88 Å². The zero-order chi connectivity index (χ0) is 14.7. The molecule has 3 rings (SSSR count). The van der Waals surface area contributed by atoms with E-state index in [1.807, 2.05) is 23.6 Å². The Morgan fingerprint density at radius 3 is 3.05 bits per heavy atom. The zero-order valence-corrected chi connectivity index (χ0v) is 12.0. The minimum Gasteiger partial charge on any atom is -0.408 e. The van der Waals surface area contributed by atoms with Crippen molar-refractivity contribution in [3.8, 4) is 0 Å². The Kier molecular flexibility index (Phi) is 3.87. The fourth-order valence-electron chi connectivity index (χ4n) is 2.09. The summed E-state index contributed by atoms with van der Waals surface area (Å²) in [6, 6.07) is 9.37. The van der Waals surface area contributed by atoms with Crippen LogP contribution in [0.4, 0.5) is 0 Å². The van der Waals surface area contributed by atoms with E-state index < -0.39 is 5.76 Å². The highest BCUT2D eigenvalue weighted by molar-refractivity contribution is 7.09. The lowest BCUT2D eigenvalue weighted by Gasteiger charge is -2.04. The van der Waals surface area contributed by atoms with Crippen LogP contribution in [0.15, 0.2) is 44.9 Å². The first-order valence-corrected chi connectivity index (χ1v) is 7.49. The first-order chi connectivity index (χ1) is 10.2. The van der Waals surface area contributed by atoms with Gasteiger partial charge in [-0.05, 0) is 35.6 Å². The molecule has 0 aliphatic rings. The van der Waals surface area contributed by atoms with Crippen molar-refractivity contribution < 1.29 is 9.21 Å². The summed E-state index contributed by atoms with van der Waals surface area (Å²) in [6.07, 6.45) is 1.24. The summed E-state index contributed by atoms with van der Waals surface area (Å²) < 4.78 is 4.93. The highest BCUT2D eigenvalue weighted by Crippen LogP contribution is 2.13. The van der Waals surface area contributed by atoms with Gasteiger partial charge in [-0.1, -0.05) is 12.1 Å². The number of nitrogens with one attached hydrogen (secondary N) is 2. The van der Waals surface area contributed by atoms with Crippen molar-refractivity contribution in [2.75, 3.05) is 0 Å². The van der Waals surface area contributed by atoms with Gasteiger partial charge >= 0.3 is 5.76 Å². The summed E-state index contributed by atoms with van der Waals surface area (Å²) in [5.41, 5.74) is 2.09. The molecule has 0 atom stereocenters. The Balaban J connectivity index is 1.55. The van der Waals surface area contributed by atoms with Gasteiger partial charge in [0, 0.05) is 17.8 Å². The Labute approximate surface area is 124 Å². The van der Waals surface area contributed by atoms with Crippen LogP contribution in [0.2, 0.25) is 0 Å². The van der Waals surface area contributed by atoms with Gasteiger partial charge in [0.2, 0.25) is 5.91 Å². The van der Waals surface area contributed by atoms with Gasteiger partial charge in [-0.25, -0.2) is 4.79 Å². The third kappa shape index (κ3) is 3.41. The zero-order valence-electron chi connectivity index (χ0n) is 11.2. The maximum Gasteiger partial charge on any atom is 0.417 e. The predicted molar refractivity (Wildman–Crippen MR) is 81.3 cm³/mol. The van der Waals surface area contributed by atoms with E-state index in [9.17, 15) is 9.59 Å². The average Bonchev–Trinajstić information content (AvgIpc) is 3.10. The number of amides is 1. The Bertz CT molecular complexity index is 802. The number of fused-ring (bicyclic) bond motifs is 1. The molecular weight excluding hydrogens is 288 g/mol. The van der Waals surface area contributed by atoms with Crippen LogP contribution < -0.4 is 11.1 Å².